The first-order chi connectivity index (χ1) is 15.5. The molecule has 0 aliphatic heterocycles. The Hall–Kier alpha value is -3.41. The number of Topliss-reactive ketones (excluding diaryl/α,β-unsaturated/α-hetero) is 1. The molecule has 1 aromatic carbocycles. The van der Waals surface area contributed by atoms with E-state index in [9.17, 15) is 13.6 Å². The lowest BCUT2D eigenvalue weighted by molar-refractivity contribution is 0.0948. The molecular weight excluding hydrogens is 410 g/mol. The van der Waals surface area contributed by atoms with E-state index in [1.165, 1.54) is 11.6 Å². The van der Waals surface area contributed by atoms with Crippen LogP contribution in [-0.4, -0.2) is 15.8 Å². The highest BCUT2D eigenvalue weighted by atomic mass is 19.1. The van der Waals surface area contributed by atoms with E-state index in [1.807, 2.05) is 43.3 Å². The summed E-state index contributed by atoms with van der Waals surface area (Å²) in [4.78, 5) is 19.8. The summed E-state index contributed by atoms with van der Waals surface area (Å²) >= 11 is 0. The first-order valence-electron chi connectivity index (χ1n) is 10.7. The maximum atomic E-state index is 13.8. The van der Waals surface area contributed by atoms with Gasteiger partial charge in [-0.15, -0.1) is 0 Å². The van der Waals surface area contributed by atoms with Crippen molar-refractivity contribution >= 4 is 11.9 Å². The van der Waals surface area contributed by atoms with Gasteiger partial charge in [0.15, 0.2) is 5.78 Å². The van der Waals surface area contributed by atoms with Gasteiger partial charge in [-0.25, -0.2) is 4.98 Å². The van der Waals surface area contributed by atoms with Crippen LogP contribution in [0.25, 0.3) is 6.08 Å². The Morgan fingerprint density at radius 1 is 1.12 bits per heavy atom. The van der Waals surface area contributed by atoms with Crippen molar-refractivity contribution in [3.05, 3.63) is 88.9 Å². The average molecular weight is 434 g/mol. The summed E-state index contributed by atoms with van der Waals surface area (Å²) in [6.45, 7) is 1.98. The van der Waals surface area contributed by atoms with Gasteiger partial charge in [-0.05, 0) is 73.9 Å². The Morgan fingerprint density at radius 2 is 1.94 bits per heavy atom. The van der Waals surface area contributed by atoms with Crippen molar-refractivity contribution < 1.29 is 18.3 Å². The number of rotatable bonds is 6. The Bertz CT molecular complexity index is 1130. The average Bonchev–Trinajstić information content (AvgIpc) is 2.77. The minimum Gasteiger partial charge on any atom is -0.439 e. The molecule has 0 radical (unpaired) electrons. The molecule has 6 heteroatoms. The lowest BCUT2D eigenvalue weighted by Crippen LogP contribution is -2.15. The molecule has 4 nitrogen and oxygen atoms in total. The Balaban J connectivity index is 1.34. The van der Waals surface area contributed by atoms with Crippen LogP contribution in [0.2, 0.25) is 0 Å². The van der Waals surface area contributed by atoms with Crippen molar-refractivity contribution in [2.75, 3.05) is 0 Å². The highest BCUT2D eigenvalue weighted by molar-refractivity contribution is 5.96. The highest BCUT2D eigenvalue weighted by Gasteiger charge is 2.22. The number of carbonyl (C=O) groups is 1. The molecule has 0 amide bonds. The van der Waals surface area contributed by atoms with Gasteiger partial charge >= 0.3 is 0 Å². The van der Waals surface area contributed by atoms with Gasteiger partial charge in [-0.1, -0.05) is 29.8 Å². The van der Waals surface area contributed by atoms with Crippen molar-refractivity contribution in [3.8, 4) is 11.6 Å². The quantitative estimate of drug-likeness (QED) is 0.320. The molecule has 0 bridgehead atoms. The lowest BCUT2D eigenvalue weighted by atomic mass is 9.82. The van der Waals surface area contributed by atoms with E-state index >= 15 is 0 Å². The number of hydrogen-bond donors (Lipinski definition) is 0. The van der Waals surface area contributed by atoms with Gasteiger partial charge in [0.2, 0.25) is 17.8 Å². The van der Waals surface area contributed by atoms with Gasteiger partial charge < -0.3 is 4.74 Å². The summed E-state index contributed by atoms with van der Waals surface area (Å²) in [6.07, 6.45) is 7.67. The topological polar surface area (TPSA) is 52.1 Å². The predicted molar refractivity (Wildman–Crippen MR) is 119 cm³/mol. The predicted octanol–water partition coefficient (Wildman–Crippen LogP) is 6.70. The second-order valence-corrected chi connectivity index (χ2v) is 8.19. The van der Waals surface area contributed by atoms with Gasteiger partial charge in [0.25, 0.3) is 0 Å². The third-order valence-electron chi connectivity index (χ3n) is 5.67. The number of aryl methyl sites for hydroxylation is 1. The van der Waals surface area contributed by atoms with Gasteiger partial charge in [0, 0.05) is 18.7 Å². The van der Waals surface area contributed by atoms with Crippen LogP contribution < -0.4 is 4.74 Å². The molecule has 164 valence electrons. The number of allylic oxidation sites excluding steroid dienone is 1. The van der Waals surface area contributed by atoms with Crippen LogP contribution in [0, 0.1) is 24.7 Å². The van der Waals surface area contributed by atoms with Crippen LogP contribution in [0.5, 0.6) is 11.6 Å². The molecule has 0 unspecified atom stereocenters. The molecule has 2 aromatic heterocycles. The van der Waals surface area contributed by atoms with E-state index < -0.39 is 11.9 Å². The minimum absolute atomic E-state index is 0.132. The molecule has 2 heterocycles. The van der Waals surface area contributed by atoms with Gasteiger partial charge in [0.05, 0.1) is 5.56 Å². The first-order valence-corrected chi connectivity index (χ1v) is 10.7. The van der Waals surface area contributed by atoms with Gasteiger partial charge in [-0.3, -0.25) is 4.79 Å². The van der Waals surface area contributed by atoms with Crippen molar-refractivity contribution in [3.63, 3.8) is 0 Å². The Labute approximate surface area is 186 Å². The lowest BCUT2D eigenvalue weighted by Gasteiger charge is -2.23. The second-order valence-electron chi connectivity index (χ2n) is 8.19. The maximum Gasteiger partial charge on any atom is 0.226 e. The molecule has 0 saturated heterocycles. The molecule has 1 saturated carbocycles. The molecular formula is C26H24F2N2O2. The summed E-state index contributed by atoms with van der Waals surface area (Å²) in [6, 6.07) is 13.9. The number of nitrogens with zero attached hydrogens (tertiary/aromatic N) is 2. The molecule has 1 aliphatic carbocycles. The summed E-state index contributed by atoms with van der Waals surface area (Å²) in [5, 5.41) is 0. The number of pyridine rings is 2. The van der Waals surface area contributed by atoms with Crippen LogP contribution in [0.4, 0.5) is 8.78 Å². The molecule has 3 aromatic rings. The zero-order chi connectivity index (χ0) is 22.5. The summed E-state index contributed by atoms with van der Waals surface area (Å²) in [5.74, 6) is -0.804. The van der Waals surface area contributed by atoms with Crippen molar-refractivity contribution in [2.24, 2.45) is 5.92 Å². The summed E-state index contributed by atoms with van der Waals surface area (Å²) in [7, 11) is 0. The van der Waals surface area contributed by atoms with Crippen LogP contribution in [0.1, 0.15) is 53.6 Å². The van der Waals surface area contributed by atoms with Crippen LogP contribution in [-0.2, 0) is 0 Å². The number of hydrogen-bond acceptors (Lipinski definition) is 4. The zero-order valence-corrected chi connectivity index (χ0v) is 17.9. The minimum atomic E-state index is -1.03. The van der Waals surface area contributed by atoms with Crippen molar-refractivity contribution in [2.45, 2.75) is 39.0 Å². The third-order valence-corrected chi connectivity index (χ3v) is 5.67. The molecule has 0 N–H and O–H groups in total. The van der Waals surface area contributed by atoms with E-state index in [-0.39, 0.29) is 23.7 Å². The largest absolute Gasteiger partial charge is 0.439 e. The van der Waals surface area contributed by atoms with E-state index in [1.54, 1.807) is 6.20 Å². The Kier molecular flexibility index (Phi) is 6.69. The van der Waals surface area contributed by atoms with Gasteiger partial charge in [0.1, 0.15) is 5.75 Å². The number of carbonyl (C=O) groups excluding carboxylic acids is 1. The number of ketones is 1. The van der Waals surface area contributed by atoms with Crippen LogP contribution in [0.3, 0.4) is 0 Å². The molecule has 1 fully saturated rings. The second kappa shape index (κ2) is 9.81. The molecule has 32 heavy (non-hydrogen) atoms. The SMILES string of the molecule is Cc1ccc(Oc2cccc(C=C3CCC(CC(=O)c4ccc(F)nc4F)CC3)c2)nc1. The number of halogens is 2. The maximum absolute atomic E-state index is 13.8. The zero-order valence-electron chi connectivity index (χ0n) is 17.9. The van der Waals surface area contributed by atoms with Crippen molar-refractivity contribution in [1.29, 1.82) is 0 Å². The standard InChI is InChI=1S/C26H24F2N2O2/c1-17-5-12-25(29-16-17)32-21-4-2-3-20(14-21)13-18-6-8-19(9-7-18)15-23(31)22-10-11-24(27)30-26(22)28/h2-5,10-14,16,19H,6-9,15H2,1H3. The fraction of sp³-hybridized carbons (Fsp3) is 0.269. The normalized spacial score (nSPS) is 16.0. The monoisotopic (exact) mass is 434 g/mol. The van der Waals surface area contributed by atoms with Crippen molar-refractivity contribution in [1.82, 2.24) is 9.97 Å². The van der Waals surface area contributed by atoms with E-state index in [4.69, 9.17) is 4.74 Å². The Morgan fingerprint density at radius 3 is 2.66 bits per heavy atom. The van der Waals surface area contributed by atoms with Crippen LogP contribution >= 0.6 is 0 Å². The number of aromatic nitrogens is 2. The molecule has 1 aliphatic rings. The highest BCUT2D eigenvalue weighted by Crippen LogP contribution is 2.33. The summed E-state index contributed by atoms with van der Waals surface area (Å²) < 4.78 is 32.6. The number of benzene rings is 1. The van der Waals surface area contributed by atoms with E-state index in [2.05, 4.69) is 16.0 Å². The van der Waals surface area contributed by atoms with E-state index in [0.717, 1.165) is 48.6 Å². The fourth-order valence-corrected chi connectivity index (χ4v) is 3.93. The third kappa shape index (κ3) is 5.63. The molecule has 0 spiro atoms. The van der Waals surface area contributed by atoms with Crippen LogP contribution in [0.15, 0.2) is 60.3 Å². The van der Waals surface area contributed by atoms with E-state index in [0.29, 0.717) is 5.88 Å². The fourth-order valence-electron chi connectivity index (χ4n) is 3.93. The first kappa shape index (κ1) is 21.8. The molecule has 4 rings (SSSR count). The summed E-state index contributed by atoms with van der Waals surface area (Å²) in [5.41, 5.74) is 3.31. The number of ether oxygens (including phenoxy) is 1. The molecule has 0 atom stereocenters. The smallest absolute Gasteiger partial charge is 0.226 e. The van der Waals surface area contributed by atoms with Gasteiger partial charge in [-0.2, -0.15) is 13.8 Å².